The molecule has 0 saturated heterocycles. The van der Waals surface area contributed by atoms with Crippen LogP contribution in [0, 0.1) is 0 Å². The highest BCUT2D eigenvalue weighted by Gasteiger charge is 2.15. The zero-order valence-corrected chi connectivity index (χ0v) is 19.8. The Balaban J connectivity index is 2.02. The molecule has 0 bridgehead atoms. The van der Waals surface area contributed by atoms with Gasteiger partial charge in [0.05, 0.1) is 17.8 Å². The maximum Gasteiger partial charge on any atom is 0.329 e. The third-order valence-electron chi connectivity index (χ3n) is 4.32. The number of anilines is 1. The van der Waals surface area contributed by atoms with Crippen molar-refractivity contribution in [2.45, 2.75) is 20.3 Å². The van der Waals surface area contributed by atoms with E-state index in [1.807, 2.05) is 24.3 Å². The summed E-state index contributed by atoms with van der Waals surface area (Å²) in [6, 6.07) is 10.6. The molecule has 0 fully saturated rings. The Morgan fingerprint density at radius 3 is 2.47 bits per heavy atom. The predicted octanol–water partition coefficient (Wildman–Crippen LogP) is 3.07. The molecule has 0 aliphatic heterocycles. The van der Waals surface area contributed by atoms with Crippen molar-refractivity contribution in [1.82, 2.24) is 10.7 Å². The van der Waals surface area contributed by atoms with Crippen LogP contribution >= 0.6 is 11.6 Å². The first kappa shape index (κ1) is 26.4. The minimum atomic E-state index is -0.926. The topological polar surface area (TPSA) is 118 Å². The first-order chi connectivity index (χ1) is 16.4. The van der Waals surface area contributed by atoms with Gasteiger partial charge in [0.25, 0.3) is 5.91 Å². The lowest BCUT2D eigenvalue weighted by Crippen LogP contribution is -2.37. The SMILES string of the molecule is C=CCNC(=O)C(=O)N/N=C\c1cc(Cl)c(OCC(=O)Nc2ccc(CC)cc2)c(OCC)c1. The van der Waals surface area contributed by atoms with Crippen LogP contribution in [0.3, 0.4) is 0 Å². The molecule has 180 valence electrons. The molecule has 0 radical (unpaired) electrons. The number of rotatable bonds is 11. The molecule has 2 aromatic rings. The Kier molecular flexibility index (Phi) is 10.6. The molecule has 10 heteroatoms. The number of nitrogens with zero attached hydrogens (tertiary/aromatic N) is 1. The van der Waals surface area contributed by atoms with Gasteiger partial charge in [-0.2, -0.15) is 5.10 Å². The average Bonchev–Trinajstić information content (AvgIpc) is 2.82. The number of carbonyl (C=O) groups excluding carboxylic acids is 3. The third-order valence-corrected chi connectivity index (χ3v) is 4.60. The number of carbonyl (C=O) groups is 3. The summed E-state index contributed by atoms with van der Waals surface area (Å²) in [5.74, 6) is -1.62. The Morgan fingerprint density at radius 2 is 1.82 bits per heavy atom. The van der Waals surface area contributed by atoms with Crippen LogP contribution in [0.4, 0.5) is 5.69 Å². The first-order valence-electron chi connectivity index (χ1n) is 10.6. The Hall–Kier alpha value is -3.85. The van der Waals surface area contributed by atoms with Crippen LogP contribution in [0.1, 0.15) is 25.0 Å². The molecule has 0 atom stereocenters. The van der Waals surface area contributed by atoms with Crippen LogP contribution in [0.25, 0.3) is 0 Å². The van der Waals surface area contributed by atoms with E-state index in [4.69, 9.17) is 21.1 Å². The maximum atomic E-state index is 12.3. The molecule has 0 heterocycles. The summed E-state index contributed by atoms with van der Waals surface area (Å²) in [6.07, 6.45) is 3.65. The van der Waals surface area contributed by atoms with Crippen LogP contribution in [0.2, 0.25) is 5.02 Å². The zero-order chi connectivity index (χ0) is 24.9. The number of amides is 3. The smallest absolute Gasteiger partial charge is 0.329 e. The van der Waals surface area contributed by atoms with E-state index in [0.717, 1.165) is 6.42 Å². The van der Waals surface area contributed by atoms with Crippen LogP contribution in [-0.2, 0) is 20.8 Å². The molecule has 34 heavy (non-hydrogen) atoms. The number of hydrogen-bond donors (Lipinski definition) is 3. The lowest BCUT2D eigenvalue weighted by atomic mass is 10.1. The van der Waals surface area contributed by atoms with Crippen molar-refractivity contribution in [2.24, 2.45) is 5.10 Å². The Morgan fingerprint density at radius 1 is 1.09 bits per heavy atom. The van der Waals surface area contributed by atoms with E-state index in [-0.39, 0.29) is 29.8 Å². The van der Waals surface area contributed by atoms with Gasteiger partial charge < -0.3 is 20.1 Å². The molecular weight excluding hydrogens is 460 g/mol. The summed E-state index contributed by atoms with van der Waals surface area (Å²) in [6.45, 7) is 7.49. The van der Waals surface area contributed by atoms with Gasteiger partial charge in [-0.05, 0) is 48.7 Å². The number of aryl methyl sites for hydroxylation is 1. The molecular formula is C24H27ClN4O5. The standard InChI is InChI=1S/C24H27ClN4O5/c1-4-11-26-23(31)24(32)29-27-14-17-12-19(25)22(20(13-17)33-6-3)34-15-21(30)28-18-9-7-16(5-2)8-10-18/h4,7-10,12-14H,1,5-6,11,15H2,2-3H3,(H,26,31)(H,28,30)(H,29,32)/b27-14-. The summed E-state index contributed by atoms with van der Waals surface area (Å²) in [5.41, 5.74) is 4.42. The van der Waals surface area contributed by atoms with Gasteiger partial charge in [-0.1, -0.05) is 36.7 Å². The van der Waals surface area contributed by atoms with Crippen molar-refractivity contribution in [3.05, 3.63) is 65.2 Å². The average molecular weight is 487 g/mol. The van der Waals surface area contributed by atoms with Gasteiger partial charge in [0, 0.05) is 12.2 Å². The summed E-state index contributed by atoms with van der Waals surface area (Å²) >= 11 is 6.34. The second-order valence-corrected chi connectivity index (χ2v) is 7.26. The normalized spacial score (nSPS) is 10.4. The Labute approximate surface area is 203 Å². The first-order valence-corrected chi connectivity index (χ1v) is 11.0. The molecule has 0 saturated carbocycles. The fourth-order valence-corrected chi connectivity index (χ4v) is 2.96. The van der Waals surface area contributed by atoms with Gasteiger partial charge in [0.15, 0.2) is 18.1 Å². The number of nitrogens with one attached hydrogen (secondary N) is 3. The van der Waals surface area contributed by atoms with Crippen molar-refractivity contribution in [3.63, 3.8) is 0 Å². The summed E-state index contributed by atoms with van der Waals surface area (Å²) in [7, 11) is 0. The van der Waals surface area contributed by atoms with E-state index >= 15 is 0 Å². The van der Waals surface area contributed by atoms with Crippen LogP contribution in [-0.4, -0.2) is 43.7 Å². The van der Waals surface area contributed by atoms with Crippen LogP contribution in [0.5, 0.6) is 11.5 Å². The third kappa shape index (κ3) is 8.25. The van der Waals surface area contributed by atoms with E-state index in [0.29, 0.717) is 23.6 Å². The van der Waals surface area contributed by atoms with Gasteiger partial charge in [-0.15, -0.1) is 6.58 Å². The number of benzene rings is 2. The van der Waals surface area contributed by atoms with Crippen molar-refractivity contribution in [2.75, 3.05) is 25.1 Å². The molecule has 2 aromatic carbocycles. The van der Waals surface area contributed by atoms with Crippen LogP contribution < -0.4 is 25.5 Å². The number of ether oxygens (including phenoxy) is 2. The molecule has 0 aliphatic carbocycles. The molecule has 0 aliphatic rings. The van der Waals surface area contributed by atoms with Crippen LogP contribution in [0.15, 0.2) is 54.2 Å². The quantitative estimate of drug-likeness (QED) is 0.195. The lowest BCUT2D eigenvalue weighted by Gasteiger charge is -2.14. The Bertz CT molecular complexity index is 1050. The van der Waals surface area contributed by atoms with E-state index in [1.165, 1.54) is 23.9 Å². The minimum Gasteiger partial charge on any atom is -0.490 e. The van der Waals surface area contributed by atoms with E-state index in [9.17, 15) is 14.4 Å². The maximum absolute atomic E-state index is 12.3. The second kappa shape index (κ2) is 13.6. The van der Waals surface area contributed by atoms with Gasteiger partial charge in [-0.25, -0.2) is 5.43 Å². The van der Waals surface area contributed by atoms with Gasteiger partial charge in [-0.3, -0.25) is 14.4 Å². The zero-order valence-electron chi connectivity index (χ0n) is 19.0. The van der Waals surface area contributed by atoms with Crippen molar-refractivity contribution in [1.29, 1.82) is 0 Å². The number of hydrogen-bond acceptors (Lipinski definition) is 6. The summed E-state index contributed by atoms with van der Waals surface area (Å²) in [4.78, 5) is 35.5. The lowest BCUT2D eigenvalue weighted by molar-refractivity contribution is -0.139. The van der Waals surface area contributed by atoms with Gasteiger partial charge in [0.1, 0.15) is 0 Å². The van der Waals surface area contributed by atoms with Crippen molar-refractivity contribution < 1.29 is 23.9 Å². The van der Waals surface area contributed by atoms with E-state index in [1.54, 1.807) is 13.0 Å². The molecule has 0 unspecified atom stereocenters. The molecule has 2 rings (SSSR count). The van der Waals surface area contributed by atoms with Crippen molar-refractivity contribution in [3.8, 4) is 11.5 Å². The monoisotopic (exact) mass is 486 g/mol. The summed E-state index contributed by atoms with van der Waals surface area (Å²) < 4.78 is 11.2. The molecule has 0 aromatic heterocycles. The van der Waals surface area contributed by atoms with E-state index in [2.05, 4.69) is 34.7 Å². The highest BCUT2D eigenvalue weighted by atomic mass is 35.5. The molecule has 3 amide bonds. The molecule has 0 spiro atoms. The summed E-state index contributed by atoms with van der Waals surface area (Å²) in [5, 5.41) is 9.02. The van der Waals surface area contributed by atoms with Gasteiger partial charge >= 0.3 is 11.8 Å². The van der Waals surface area contributed by atoms with Gasteiger partial charge in [0.2, 0.25) is 0 Å². The number of hydrazone groups is 1. The highest BCUT2D eigenvalue weighted by molar-refractivity contribution is 6.35. The predicted molar refractivity (Wildman–Crippen MR) is 132 cm³/mol. The molecule has 9 nitrogen and oxygen atoms in total. The molecule has 3 N–H and O–H groups in total. The van der Waals surface area contributed by atoms with Crippen molar-refractivity contribution >= 4 is 41.2 Å². The van der Waals surface area contributed by atoms with E-state index < -0.39 is 11.8 Å². The highest BCUT2D eigenvalue weighted by Crippen LogP contribution is 2.36. The fourth-order valence-electron chi connectivity index (χ4n) is 2.69. The second-order valence-electron chi connectivity index (χ2n) is 6.85. The number of halogens is 1. The largest absolute Gasteiger partial charge is 0.490 e. The minimum absolute atomic E-state index is 0.161. The fraction of sp³-hybridized carbons (Fsp3) is 0.250.